The van der Waals surface area contributed by atoms with Gasteiger partial charge in [0.2, 0.25) is 5.43 Å². The van der Waals surface area contributed by atoms with E-state index in [9.17, 15) is 14.7 Å². The van der Waals surface area contributed by atoms with Gasteiger partial charge in [0.1, 0.15) is 5.75 Å². The molecule has 0 radical (unpaired) electrons. The highest BCUT2D eigenvalue weighted by atomic mass is 35.5. The molecule has 0 aliphatic heterocycles. The lowest BCUT2D eigenvalue weighted by Crippen LogP contribution is -2.24. The van der Waals surface area contributed by atoms with Crippen LogP contribution in [0.2, 0.25) is 5.02 Å². The number of nitrogens with zero attached hydrogens (tertiary/aromatic N) is 2. The third kappa shape index (κ3) is 2.98. The van der Waals surface area contributed by atoms with Gasteiger partial charge in [-0.2, -0.15) is 0 Å². The number of para-hydroxylation sites is 1. The van der Waals surface area contributed by atoms with Crippen molar-refractivity contribution in [3.8, 4) is 11.5 Å². The number of aromatic nitrogens is 2. The highest BCUT2D eigenvalue weighted by Crippen LogP contribution is 2.28. The van der Waals surface area contributed by atoms with E-state index in [1.54, 1.807) is 30.6 Å². The van der Waals surface area contributed by atoms with Crippen molar-refractivity contribution in [3.63, 3.8) is 0 Å². The maximum absolute atomic E-state index is 12.6. The number of hydrogen-bond donors (Lipinski definition) is 1. The topological polar surface area (TPSA) is 72.9 Å². The quantitative estimate of drug-likeness (QED) is 0.769. The van der Waals surface area contributed by atoms with Crippen molar-refractivity contribution in [3.05, 3.63) is 74.0 Å². The SMILES string of the molecule is COc1c(Cl)cccc1Cn1ccn2ccc(=O)c(O)c2c1=O.Cl. The Kier molecular flexibility index (Phi) is 5.21. The molecule has 0 unspecified atom stereocenters. The van der Waals surface area contributed by atoms with E-state index in [1.807, 2.05) is 0 Å². The minimum Gasteiger partial charge on any atom is -0.503 e. The molecule has 126 valence electrons. The van der Waals surface area contributed by atoms with Crippen LogP contribution in [-0.2, 0) is 6.54 Å². The number of methoxy groups -OCH3 is 1. The summed E-state index contributed by atoms with van der Waals surface area (Å²) < 4.78 is 8.05. The molecule has 1 aromatic carbocycles. The molecule has 2 aromatic heterocycles. The summed E-state index contributed by atoms with van der Waals surface area (Å²) in [6.07, 6.45) is 4.59. The molecule has 3 rings (SSSR count). The number of halogens is 2. The van der Waals surface area contributed by atoms with Gasteiger partial charge >= 0.3 is 0 Å². The molecular formula is C16H14Cl2N2O4. The summed E-state index contributed by atoms with van der Waals surface area (Å²) >= 11 is 6.08. The predicted octanol–water partition coefficient (Wildman–Crippen LogP) is 2.30. The molecule has 0 amide bonds. The Morgan fingerprint density at radius 2 is 1.92 bits per heavy atom. The third-order valence-corrected chi connectivity index (χ3v) is 3.86. The molecule has 0 saturated carbocycles. The fourth-order valence-corrected chi connectivity index (χ4v) is 2.72. The summed E-state index contributed by atoms with van der Waals surface area (Å²) in [5.74, 6) is -0.0828. The van der Waals surface area contributed by atoms with E-state index in [0.29, 0.717) is 16.3 Å². The molecule has 0 fully saturated rings. The lowest BCUT2D eigenvalue weighted by molar-refractivity contribution is 0.408. The second kappa shape index (κ2) is 6.98. The Labute approximate surface area is 147 Å². The highest BCUT2D eigenvalue weighted by molar-refractivity contribution is 6.32. The maximum atomic E-state index is 12.6. The summed E-state index contributed by atoms with van der Waals surface area (Å²) in [5, 5.41) is 10.3. The summed E-state index contributed by atoms with van der Waals surface area (Å²) in [5.41, 5.74) is -0.435. The van der Waals surface area contributed by atoms with Gasteiger partial charge in [-0.25, -0.2) is 0 Å². The van der Waals surface area contributed by atoms with E-state index in [0.717, 1.165) is 0 Å². The predicted molar refractivity (Wildman–Crippen MR) is 93.9 cm³/mol. The van der Waals surface area contributed by atoms with Gasteiger partial charge in [0.15, 0.2) is 11.3 Å². The number of fused-ring (bicyclic) bond motifs is 1. The molecule has 8 heteroatoms. The zero-order valence-corrected chi connectivity index (χ0v) is 14.2. The molecule has 0 spiro atoms. The largest absolute Gasteiger partial charge is 0.503 e. The van der Waals surface area contributed by atoms with Crippen molar-refractivity contribution < 1.29 is 9.84 Å². The van der Waals surface area contributed by atoms with Crippen LogP contribution in [-0.4, -0.2) is 21.2 Å². The van der Waals surface area contributed by atoms with E-state index in [-0.39, 0.29) is 24.5 Å². The van der Waals surface area contributed by atoms with Crippen molar-refractivity contribution >= 4 is 29.5 Å². The molecular weight excluding hydrogens is 355 g/mol. The number of aromatic hydroxyl groups is 1. The van der Waals surface area contributed by atoms with Crippen LogP contribution in [0.3, 0.4) is 0 Å². The van der Waals surface area contributed by atoms with Gasteiger partial charge in [-0.1, -0.05) is 23.7 Å². The smallest absolute Gasteiger partial charge is 0.279 e. The maximum Gasteiger partial charge on any atom is 0.279 e. The zero-order valence-electron chi connectivity index (χ0n) is 12.6. The van der Waals surface area contributed by atoms with E-state index in [2.05, 4.69) is 0 Å². The van der Waals surface area contributed by atoms with Gasteiger partial charge in [0, 0.05) is 30.2 Å². The van der Waals surface area contributed by atoms with Crippen LogP contribution in [0.1, 0.15) is 5.56 Å². The second-order valence-electron chi connectivity index (χ2n) is 4.95. The number of pyridine rings is 1. The fourth-order valence-electron chi connectivity index (χ4n) is 2.45. The van der Waals surface area contributed by atoms with Crippen molar-refractivity contribution in [2.45, 2.75) is 6.54 Å². The molecule has 0 aliphatic rings. The van der Waals surface area contributed by atoms with E-state index < -0.39 is 16.7 Å². The zero-order chi connectivity index (χ0) is 16.6. The van der Waals surface area contributed by atoms with Crippen molar-refractivity contribution in [1.29, 1.82) is 0 Å². The minimum atomic E-state index is -0.597. The average Bonchev–Trinajstić information content (AvgIpc) is 2.53. The number of ether oxygens (including phenoxy) is 1. The van der Waals surface area contributed by atoms with Crippen molar-refractivity contribution in [1.82, 2.24) is 8.97 Å². The van der Waals surface area contributed by atoms with Gasteiger partial charge in [-0.3, -0.25) is 9.59 Å². The minimum absolute atomic E-state index is 0. The number of hydrogen-bond acceptors (Lipinski definition) is 4. The van der Waals surface area contributed by atoms with Crippen molar-refractivity contribution in [2.75, 3.05) is 7.11 Å². The first-order valence-corrected chi connectivity index (χ1v) is 7.15. The van der Waals surface area contributed by atoms with Gasteiger partial charge in [0.25, 0.3) is 5.56 Å². The first-order valence-electron chi connectivity index (χ1n) is 6.77. The molecule has 3 aromatic rings. The Hall–Kier alpha value is -2.44. The van der Waals surface area contributed by atoms with Gasteiger partial charge < -0.3 is 18.8 Å². The van der Waals surface area contributed by atoms with Crippen LogP contribution < -0.4 is 15.7 Å². The van der Waals surface area contributed by atoms with Gasteiger partial charge in [0.05, 0.1) is 18.7 Å². The van der Waals surface area contributed by atoms with Crippen LogP contribution in [0.15, 0.2) is 52.4 Å². The average molecular weight is 369 g/mol. The first-order chi connectivity index (χ1) is 11.0. The molecule has 0 aliphatic carbocycles. The van der Waals surface area contributed by atoms with Gasteiger partial charge in [-0.05, 0) is 6.07 Å². The van der Waals surface area contributed by atoms with E-state index in [4.69, 9.17) is 16.3 Å². The standard InChI is InChI=1S/C16H13ClN2O4.ClH/c1-23-15-10(3-2-4-11(15)17)9-19-8-7-18-6-5-12(20)14(21)13(18)16(19)22;/h2-8,21H,9H2,1H3;1H. The highest BCUT2D eigenvalue weighted by Gasteiger charge is 2.12. The van der Waals surface area contributed by atoms with E-state index >= 15 is 0 Å². The third-order valence-electron chi connectivity index (χ3n) is 3.57. The Morgan fingerprint density at radius 1 is 1.17 bits per heavy atom. The Balaban J connectivity index is 0.00000208. The lowest BCUT2D eigenvalue weighted by Gasteiger charge is -2.13. The van der Waals surface area contributed by atoms with Crippen LogP contribution in [0.4, 0.5) is 0 Å². The summed E-state index contributed by atoms with van der Waals surface area (Å²) in [4.78, 5) is 24.1. The monoisotopic (exact) mass is 368 g/mol. The Morgan fingerprint density at radius 3 is 2.62 bits per heavy atom. The number of rotatable bonds is 3. The van der Waals surface area contributed by atoms with Gasteiger partial charge in [-0.15, -0.1) is 12.4 Å². The lowest BCUT2D eigenvalue weighted by atomic mass is 10.2. The molecule has 1 N–H and O–H groups in total. The van der Waals surface area contributed by atoms with E-state index in [1.165, 1.54) is 28.3 Å². The molecule has 0 saturated heterocycles. The van der Waals surface area contributed by atoms with Crippen molar-refractivity contribution in [2.24, 2.45) is 0 Å². The number of benzene rings is 1. The summed E-state index contributed by atoms with van der Waals surface area (Å²) in [6.45, 7) is 0.196. The normalized spacial score (nSPS) is 10.4. The van der Waals surface area contributed by atoms with Crippen LogP contribution in [0, 0.1) is 0 Å². The van der Waals surface area contributed by atoms with Crippen LogP contribution in [0.25, 0.3) is 5.52 Å². The molecule has 0 atom stereocenters. The molecule has 6 nitrogen and oxygen atoms in total. The van der Waals surface area contributed by atoms with Crippen LogP contribution in [0.5, 0.6) is 11.5 Å². The summed E-state index contributed by atoms with van der Waals surface area (Å²) in [7, 11) is 1.50. The summed E-state index contributed by atoms with van der Waals surface area (Å²) in [6, 6.07) is 6.44. The second-order valence-corrected chi connectivity index (χ2v) is 5.36. The molecule has 24 heavy (non-hydrogen) atoms. The van der Waals surface area contributed by atoms with Crippen LogP contribution >= 0.6 is 24.0 Å². The Bertz CT molecular complexity index is 1010. The molecule has 2 heterocycles. The first kappa shape index (κ1) is 17.9. The fraction of sp³-hybridized carbons (Fsp3) is 0.125. The molecule has 0 bridgehead atoms.